The lowest BCUT2D eigenvalue weighted by Gasteiger charge is -2.22. The van der Waals surface area contributed by atoms with E-state index < -0.39 is 0 Å². The van der Waals surface area contributed by atoms with Crippen LogP contribution in [0.25, 0.3) is 0 Å². The summed E-state index contributed by atoms with van der Waals surface area (Å²) in [6.07, 6.45) is 12.1. The number of nitrogens with one attached hydrogen (secondary N) is 2. The van der Waals surface area contributed by atoms with Crippen LogP contribution in [0.15, 0.2) is 30.3 Å². The summed E-state index contributed by atoms with van der Waals surface area (Å²) in [4.78, 5) is 0. The Morgan fingerprint density at radius 1 is 0.850 bits per heavy atom. The Kier molecular flexibility index (Phi) is 6.85. The fraction of sp³-hybridized carbons (Fsp3) is 0.588. The molecular weight excluding hydrogens is 264 g/mol. The Morgan fingerprint density at radius 2 is 1.40 bits per heavy atom. The van der Waals surface area contributed by atoms with E-state index >= 15 is 0 Å². The molecular formula is C17H26N2S. The van der Waals surface area contributed by atoms with Crippen LogP contribution < -0.4 is 10.6 Å². The molecule has 0 unspecified atom stereocenters. The first-order valence-corrected chi connectivity index (χ1v) is 8.38. The van der Waals surface area contributed by atoms with E-state index in [-0.39, 0.29) is 0 Å². The highest BCUT2D eigenvalue weighted by atomic mass is 32.1. The average molecular weight is 290 g/mol. The second-order valence-corrected chi connectivity index (χ2v) is 6.12. The Balaban J connectivity index is 1.78. The number of hydrogen-bond acceptors (Lipinski definition) is 1. The van der Waals surface area contributed by atoms with Crippen molar-refractivity contribution >= 4 is 23.0 Å². The van der Waals surface area contributed by atoms with Gasteiger partial charge in [-0.25, -0.2) is 0 Å². The Hall–Kier alpha value is -1.09. The highest BCUT2D eigenvalue weighted by Crippen LogP contribution is 2.17. The van der Waals surface area contributed by atoms with Crippen molar-refractivity contribution in [2.75, 3.05) is 5.32 Å². The van der Waals surface area contributed by atoms with E-state index in [4.69, 9.17) is 12.2 Å². The first-order chi connectivity index (χ1) is 9.84. The van der Waals surface area contributed by atoms with Crippen LogP contribution in [0.3, 0.4) is 0 Å². The van der Waals surface area contributed by atoms with Crippen LogP contribution in [0.5, 0.6) is 0 Å². The van der Waals surface area contributed by atoms with Gasteiger partial charge in [-0.1, -0.05) is 63.1 Å². The molecule has 1 aliphatic carbocycles. The molecule has 0 atom stereocenters. The maximum atomic E-state index is 5.43. The molecule has 0 amide bonds. The minimum absolute atomic E-state index is 0.539. The lowest BCUT2D eigenvalue weighted by atomic mass is 9.97. The summed E-state index contributed by atoms with van der Waals surface area (Å²) in [7, 11) is 0. The second kappa shape index (κ2) is 8.96. The summed E-state index contributed by atoms with van der Waals surface area (Å²) in [6, 6.07) is 10.7. The molecule has 110 valence electrons. The third-order valence-electron chi connectivity index (χ3n) is 3.97. The van der Waals surface area contributed by atoms with E-state index in [0.717, 1.165) is 10.8 Å². The fourth-order valence-corrected chi connectivity index (χ4v) is 3.11. The van der Waals surface area contributed by atoms with Gasteiger partial charge < -0.3 is 10.6 Å². The highest BCUT2D eigenvalue weighted by Gasteiger charge is 2.11. The van der Waals surface area contributed by atoms with Crippen molar-refractivity contribution < 1.29 is 0 Å². The maximum absolute atomic E-state index is 5.43. The molecule has 1 aromatic rings. The SMILES string of the molecule is S=C(Nc1ccccc1)NC1CCCCCCCCC1. The lowest BCUT2D eigenvalue weighted by Crippen LogP contribution is -2.37. The van der Waals surface area contributed by atoms with Crippen molar-refractivity contribution in [1.82, 2.24) is 5.32 Å². The van der Waals surface area contributed by atoms with Gasteiger partial charge in [-0.15, -0.1) is 0 Å². The van der Waals surface area contributed by atoms with Crippen LogP contribution in [0.1, 0.15) is 57.8 Å². The summed E-state index contributed by atoms with van der Waals surface area (Å²) in [5, 5.41) is 7.54. The quantitative estimate of drug-likeness (QED) is 0.760. The van der Waals surface area contributed by atoms with Gasteiger partial charge >= 0.3 is 0 Å². The van der Waals surface area contributed by atoms with Gasteiger partial charge in [0, 0.05) is 11.7 Å². The number of anilines is 1. The van der Waals surface area contributed by atoms with E-state index in [9.17, 15) is 0 Å². The lowest BCUT2D eigenvalue weighted by molar-refractivity contribution is 0.438. The predicted molar refractivity (Wildman–Crippen MR) is 91.1 cm³/mol. The zero-order chi connectivity index (χ0) is 14.0. The average Bonchev–Trinajstić information content (AvgIpc) is 2.47. The summed E-state index contributed by atoms with van der Waals surface area (Å²) in [5.74, 6) is 0. The van der Waals surface area contributed by atoms with Gasteiger partial charge in [0.05, 0.1) is 0 Å². The zero-order valence-electron chi connectivity index (χ0n) is 12.2. The van der Waals surface area contributed by atoms with Gasteiger partial charge in [0.2, 0.25) is 0 Å². The Morgan fingerprint density at radius 3 is 2.00 bits per heavy atom. The predicted octanol–water partition coefficient (Wildman–Crippen LogP) is 4.87. The summed E-state index contributed by atoms with van der Waals surface area (Å²) < 4.78 is 0. The maximum Gasteiger partial charge on any atom is 0.170 e. The number of rotatable bonds is 2. The molecule has 2 nitrogen and oxygen atoms in total. The summed E-state index contributed by atoms with van der Waals surface area (Å²) in [6.45, 7) is 0. The molecule has 0 bridgehead atoms. The van der Waals surface area contributed by atoms with Crippen LogP contribution >= 0.6 is 12.2 Å². The van der Waals surface area contributed by atoms with Crippen molar-refractivity contribution in [1.29, 1.82) is 0 Å². The molecule has 0 heterocycles. The Labute approximate surface area is 128 Å². The van der Waals surface area contributed by atoms with E-state index in [1.807, 2.05) is 30.3 Å². The molecule has 0 radical (unpaired) electrons. The van der Waals surface area contributed by atoms with Crippen LogP contribution in [0.4, 0.5) is 5.69 Å². The summed E-state index contributed by atoms with van der Waals surface area (Å²) >= 11 is 5.43. The summed E-state index contributed by atoms with van der Waals surface area (Å²) in [5.41, 5.74) is 1.06. The molecule has 0 saturated heterocycles. The van der Waals surface area contributed by atoms with Crippen molar-refractivity contribution in [2.24, 2.45) is 0 Å². The molecule has 2 rings (SSSR count). The number of thiocarbonyl (C=S) groups is 1. The number of benzene rings is 1. The van der Waals surface area contributed by atoms with Gasteiger partial charge in [0.1, 0.15) is 0 Å². The number of hydrogen-bond donors (Lipinski definition) is 2. The van der Waals surface area contributed by atoms with E-state index in [1.165, 1.54) is 57.8 Å². The standard InChI is InChI=1S/C17H26N2S/c20-17(19-16-13-9-6-10-14-16)18-15-11-7-4-2-1-3-5-8-12-15/h6,9-10,13-15H,1-5,7-8,11-12H2,(H2,18,19,20). The molecule has 0 aromatic heterocycles. The van der Waals surface area contributed by atoms with Crippen molar-refractivity contribution in [3.63, 3.8) is 0 Å². The molecule has 2 N–H and O–H groups in total. The van der Waals surface area contributed by atoms with E-state index in [0.29, 0.717) is 6.04 Å². The topological polar surface area (TPSA) is 24.1 Å². The first kappa shape index (κ1) is 15.3. The van der Waals surface area contributed by atoms with Crippen LogP contribution in [0.2, 0.25) is 0 Å². The fourth-order valence-electron chi connectivity index (χ4n) is 2.83. The first-order valence-electron chi connectivity index (χ1n) is 7.97. The van der Waals surface area contributed by atoms with E-state index in [2.05, 4.69) is 10.6 Å². The molecule has 0 spiro atoms. The van der Waals surface area contributed by atoms with Crippen molar-refractivity contribution in [2.45, 2.75) is 63.8 Å². The van der Waals surface area contributed by atoms with Crippen LogP contribution in [0, 0.1) is 0 Å². The minimum Gasteiger partial charge on any atom is -0.360 e. The third kappa shape index (κ3) is 5.91. The molecule has 1 aromatic carbocycles. The van der Waals surface area contributed by atoms with Crippen LogP contribution in [-0.2, 0) is 0 Å². The molecule has 1 fully saturated rings. The van der Waals surface area contributed by atoms with Crippen molar-refractivity contribution in [3.8, 4) is 0 Å². The second-order valence-electron chi connectivity index (χ2n) is 5.71. The van der Waals surface area contributed by atoms with E-state index in [1.54, 1.807) is 0 Å². The molecule has 20 heavy (non-hydrogen) atoms. The van der Waals surface area contributed by atoms with Gasteiger partial charge in [0.15, 0.2) is 5.11 Å². The zero-order valence-corrected chi connectivity index (χ0v) is 13.1. The smallest absolute Gasteiger partial charge is 0.170 e. The molecule has 1 aliphatic rings. The third-order valence-corrected chi connectivity index (χ3v) is 4.19. The molecule has 0 aliphatic heterocycles. The normalized spacial score (nSPS) is 18.2. The van der Waals surface area contributed by atoms with Gasteiger partial charge in [0.25, 0.3) is 0 Å². The van der Waals surface area contributed by atoms with Crippen molar-refractivity contribution in [3.05, 3.63) is 30.3 Å². The van der Waals surface area contributed by atoms with Gasteiger partial charge in [-0.3, -0.25) is 0 Å². The molecule has 3 heteroatoms. The largest absolute Gasteiger partial charge is 0.360 e. The van der Waals surface area contributed by atoms with Gasteiger partial charge in [-0.05, 0) is 37.2 Å². The molecule has 1 saturated carbocycles. The number of para-hydroxylation sites is 1. The van der Waals surface area contributed by atoms with Crippen LogP contribution in [-0.4, -0.2) is 11.2 Å². The highest BCUT2D eigenvalue weighted by molar-refractivity contribution is 7.80. The van der Waals surface area contributed by atoms with Gasteiger partial charge in [-0.2, -0.15) is 0 Å². The monoisotopic (exact) mass is 290 g/mol. The Bertz CT molecular complexity index is 381. The minimum atomic E-state index is 0.539.